The van der Waals surface area contributed by atoms with E-state index in [1.165, 1.54) is 7.11 Å². The van der Waals surface area contributed by atoms with Crippen LogP contribution in [0, 0.1) is 0 Å². The van der Waals surface area contributed by atoms with Crippen molar-refractivity contribution in [3.05, 3.63) is 27.9 Å². The summed E-state index contributed by atoms with van der Waals surface area (Å²) in [5, 5.41) is 0.657. The summed E-state index contributed by atoms with van der Waals surface area (Å²) in [5.74, 6) is -0.530. The van der Waals surface area contributed by atoms with E-state index in [0.717, 1.165) is 0 Å². The Morgan fingerprint density at radius 3 is 2.36 bits per heavy atom. The van der Waals surface area contributed by atoms with E-state index in [1.807, 2.05) is 4.90 Å². The number of nitrogens with zero attached hydrogens (tertiary/aromatic N) is 4. The van der Waals surface area contributed by atoms with Gasteiger partial charge in [-0.25, -0.2) is 14.8 Å². The van der Waals surface area contributed by atoms with Crippen LogP contribution in [0.1, 0.15) is 43.1 Å². The third-order valence-electron chi connectivity index (χ3n) is 5.30. The quantitative estimate of drug-likeness (QED) is 0.536. The van der Waals surface area contributed by atoms with Crippen LogP contribution >= 0.6 is 23.2 Å². The Morgan fingerprint density at radius 2 is 1.70 bits per heavy atom. The molecule has 11 heteroatoms. The van der Waals surface area contributed by atoms with E-state index < -0.39 is 5.97 Å². The highest BCUT2D eigenvalue weighted by molar-refractivity contribution is 6.42. The lowest BCUT2D eigenvalue weighted by atomic mass is 10.2. The van der Waals surface area contributed by atoms with Gasteiger partial charge < -0.3 is 19.3 Å². The maximum atomic E-state index is 12.6. The first-order chi connectivity index (χ1) is 15.8. The van der Waals surface area contributed by atoms with Gasteiger partial charge >= 0.3 is 11.9 Å². The molecule has 9 nitrogen and oxygen atoms in total. The molecule has 3 rings (SSSR count). The van der Waals surface area contributed by atoms with Gasteiger partial charge in [-0.2, -0.15) is 0 Å². The van der Waals surface area contributed by atoms with Crippen LogP contribution < -0.4 is 4.90 Å². The number of amides is 1. The predicted molar refractivity (Wildman–Crippen MR) is 125 cm³/mol. The number of aromatic nitrogens is 2. The summed E-state index contributed by atoms with van der Waals surface area (Å²) in [6.07, 6.45) is 1.62. The van der Waals surface area contributed by atoms with Gasteiger partial charge in [0.05, 0.1) is 34.8 Å². The van der Waals surface area contributed by atoms with Crippen LogP contribution in [0.5, 0.6) is 0 Å². The van der Waals surface area contributed by atoms with Gasteiger partial charge in [0.15, 0.2) is 11.5 Å². The lowest BCUT2D eigenvalue weighted by Crippen LogP contribution is -2.36. The highest BCUT2D eigenvalue weighted by Gasteiger charge is 2.26. The average Bonchev–Trinajstić information content (AvgIpc) is 3.05. The number of carbonyl (C=O) groups excluding carboxylic acids is 3. The second-order valence-electron chi connectivity index (χ2n) is 7.52. The van der Waals surface area contributed by atoms with Gasteiger partial charge in [0.25, 0.3) is 0 Å². The van der Waals surface area contributed by atoms with E-state index in [2.05, 4.69) is 14.7 Å². The fourth-order valence-electron chi connectivity index (χ4n) is 3.62. The molecule has 1 aromatic heterocycles. The SMILES string of the molecule is CCOC(=O)c1nc2cc(Cl)c(Cl)cc2nc1N1CCCN(C(=O)CCCC(=O)OC)CC1. The first-order valence-corrected chi connectivity index (χ1v) is 11.5. The predicted octanol–water partition coefficient (Wildman–Crippen LogP) is 3.50. The number of ether oxygens (including phenoxy) is 2. The number of rotatable bonds is 7. The van der Waals surface area contributed by atoms with Gasteiger partial charge in [-0.3, -0.25) is 9.59 Å². The zero-order valence-electron chi connectivity index (χ0n) is 18.6. The standard InChI is InChI=1S/C22H26Cl2N4O5/c1-3-33-22(31)20-21(26-17-13-15(24)14(23)12-16(17)25-20)28-9-5-8-27(10-11-28)18(29)6-4-7-19(30)32-2/h12-13H,3-11H2,1-2H3. The van der Waals surface area contributed by atoms with Crippen molar-refractivity contribution < 1.29 is 23.9 Å². The van der Waals surface area contributed by atoms with Crippen LogP contribution in [-0.4, -0.2) is 72.6 Å². The van der Waals surface area contributed by atoms with E-state index in [1.54, 1.807) is 24.0 Å². The highest BCUT2D eigenvalue weighted by atomic mass is 35.5. The van der Waals surface area contributed by atoms with E-state index in [4.69, 9.17) is 27.9 Å². The number of halogens is 2. The first kappa shape index (κ1) is 25.0. The fourth-order valence-corrected chi connectivity index (χ4v) is 3.94. The molecule has 178 valence electrons. The zero-order chi connectivity index (χ0) is 24.0. The summed E-state index contributed by atoms with van der Waals surface area (Å²) >= 11 is 12.3. The maximum absolute atomic E-state index is 12.6. The third-order valence-corrected chi connectivity index (χ3v) is 6.03. The van der Waals surface area contributed by atoms with Crippen molar-refractivity contribution in [1.82, 2.24) is 14.9 Å². The third kappa shape index (κ3) is 6.23. The smallest absolute Gasteiger partial charge is 0.360 e. The van der Waals surface area contributed by atoms with Crippen LogP contribution in [0.25, 0.3) is 11.0 Å². The molecule has 0 bridgehead atoms. The minimum absolute atomic E-state index is 0.0163. The van der Waals surface area contributed by atoms with E-state index in [-0.39, 0.29) is 37.0 Å². The lowest BCUT2D eigenvalue weighted by Gasteiger charge is -2.24. The van der Waals surface area contributed by atoms with Gasteiger partial charge in [-0.1, -0.05) is 23.2 Å². The number of hydrogen-bond donors (Lipinski definition) is 0. The van der Waals surface area contributed by atoms with Crippen LogP contribution in [0.2, 0.25) is 10.0 Å². The van der Waals surface area contributed by atoms with Crippen molar-refractivity contribution in [1.29, 1.82) is 0 Å². The summed E-state index contributed by atoms with van der Waals surface area (Å²) in [6.45, 7) is 4.01. The number of benzene rings is 1. The Bertz CT molecular complexity index is 1050. The lowest BCUT2D eigenvalue weighted by molar-refractivity contribution is -0.140. The second-order valence-corrected chi connectivity index (χ2v) is 8.34. The van der Waals surface area contributed by atoms with Crippen LogP contribution in [-0.2, 0) is 19.1 Å². The molecule has 0 N–H and O–H groups in total. The molecular formula is C22H26Cl2N4O5. The van der Waals surface area contributed by atoms with Crippen LogP contribution in [0.15, 0.2) is 12.1 Å². The van der Waals surface area contributed by atoms with E-state index >= 15 is 0 Å². The molecule has 1 saturated heterocycles. The van der Waals surface area contributed by atoms with E-state index in [0.29, 0.717) is 65.9 Å². The van der Waals surface area contributed by atoms with Crippen molar-refractivity contribution >= 4 is 57.9 Å². The highest BCUT2D eigenvalue weighted by Crippen LogP contribution is 2.29. The summed E-state index contributed by atoms with van der Waals surface area (Å²) in [6, 6.07) is 3.18. The van der Waals surface area contributed by atoms with Gasteiger partial charge in [0.1, 0.15) is 0 Å². The molecule has 1 aromatic carbocycles. The molecule has 0 radical (unpaired) electrons. The molecule has 0 aliphatic carbocycles. The van der Waals surface area contributed by atoms with E-state index in [9.17, 15) is 14.4 Å². The monoisotopic (exact) mass is 496 g/mol. The molecule has 2 aromatic rings. The molecule has 2 heterocycles. The summed E-state index contributed by atoms with van der Waals surface area (Å²) in [7, 11) is 1.33. The van der Waals surface area contributed by atoms with Crippen LogP contribution in [0.3, 0.4) is 0 Å². The van der Waals surface area contributed by atoms with Gasteiger partial charge in [0.2, 0.25) is 5.91 Å². The van der Waals surface area contributed by atoms with Gasteiger partial charge in [-0.05, 0) is 31.9 Å². The van der Waals surface area contributed by atoms with Crippen molar-refractivity contribution in [2.75, 3.05) is 44.8 Å². The van der Waals surface area contributed by atoms with Crippen molar-refractivity contribution in [3.8, 4) is 0 Å². The van der Waals surface area contributed by atoms with Crippen molar-refractivity contribution in [3.63, 3.8) is 0 Å². The largest absolute Gasteiger partial charge is 0.469 e. The van der Waals surface area contributed by atoms with Crippen molar-refractivity contribution in [2.24, 2.45) is 0 Å². The maximum Gasteiger partial charge on any atom is 0.360 e. The molecule has 1 aliphatic heterocycles. The molecule has 0 spiro atoms. The minimum Gasteiger partial charge on any atom is -0.469 e. The molecular weight excluding hydrogens is 471 g/mol. The second kappa shape index (κ2) is 11.5. The molecule has 1 aliphatic rings. The van der Waals surface area contributed by atoms with Gasteiger partial charge in [0, 0.05) is 39.0 Å². The Morgan fingerprint density at radius 1 is 1.00 bits per heavy atom. The number of anilines is 1. The zero-order valence-corrected chi connectivity index (χ0v) is 20.1. The number of hydrogen-bond acceptors (Lipinski definition) is 8. The van der Waals surface area contributed by atoms with Crippen LogP contribution in [0.4, 0.5) is 5.82 Å². The van der Waals surface area contributed by atoms with Gasteiger partial charge in [-0.15, -0.1) is 0 Å². The minimum atomic E-state index is -0.576. The number of carbonyl (C=O) groups is 3. The summed E-state index contributed by atoms with van der Waals surface area (Å²) < 4.78 is 9.81. The summed E-state index contributed by atoms with van der Waals surface area (Å²) in [5.41, 5.74) is 1.04. The molecule has 0 unspecified atom stereocenters. The number of esters is 2. The Labute approximate surface area is 201 Å². The molecule has 0 saturated carbocycles. The Hall–Kier alpha value is -2.65. The number of methoxy groups -OCH3 is 1. The normalized spacial score (nSPS) is 14.2. The summed E-state index contributed by atoms with van der Waals surface area (Å²) in [4.78, 5) is 49.3. The fraction of sp³-hybridized carbons (Fsp3) is 0.500. The molecule has 1 amide bonds. The molecule has 33 heavy (non-hydrogen) atoms. The Balaban J connectivity index is 1.80. The van der Waals surface area contributed by atoms with Crippen molar-refractivity contribution in [2.45, 2.75) is 32.6 Å². The molecule has 1 fully saturated rings. The topological polar surface area (TPSA) is 102 Å². The molecule has 0 atom stereocenters. The number of fused-ring (bicyclic) bond motifs is 1. The first-order valence-electron chi connectivity index (χ1n) is 10.8. The Kier molecular flexibility index (Phi) is 8.68. The average molecular weight is 497 g/mol.